The average Bonchev–Trinajstić information content (AvgIpc) is 2.66. The van der Waals surface area contributed by atoms with Crippen LogP contribution in [0.25, 0.3) is 0 Å². The van der Waals surface area contributed by atoms with Crippen LogP contribution in [0, 0.1) is 5.92 Å². The molecule has 1 fully saturated rings. The van der Waals surface area contributed by atoms with Crippen LogP contribution in [0.3, 0.4) is 0 Å². The number of hydrogen-bond donors (Lipinski definition) is 3. The van der Waals surface area contributed by atoms with Gasteiger partial charge in [-0.25, -0.2) is 0 Å². The van der Waals surface area contributed by atoms with Gasteiger partial charge in [-0.2, -0.15) is 0 Å². The highest BCUT2D eigenvalue weighted by Gasteiger charge is 2.09. The van der Waals surface area contributed by atoms with Gasteiger partial charge in [-0.1, -0.05) is 89.9 Å². The highest BCUT2D eigenvalue weighted by molar-refractivity contribution is 5.86. The Morgan fingerprint density at radius 2 is 0.897 bits per heavy atom. The van der Waals surface area contributed by atoms with Crippen LogP contribution in [0.15, 0.2) is 0 Å². The Balaban J connectivity index is -0.00000225. The SMILES string of the molecule is Cl.Cl.Cl.NCCCNCCCNCCC1CCCCCCCCCCCCCC1. The van der Waals surface area contributed by atoms with Crippen LogP contribution in [0.4, 0.5) is 0 Å². The van der Waals surface area contributed by atoms with Crippen molar-refractivity contribution in [2.75, 3.05) is 32.7 Å². The van der Waals surface area contributed by atoms with E-state index in [2.05, 4.69) is 10.6 Å². The van der Waals surface area contributed by atoms with Crippen molar-refractivity contribution in [3.05, 3.63) is 0 Å². The topological polar surface area (TPSA) is 50.1 Å². The molecule has 0 aromatic carbocycles. The second kappa shape index (κ2) is 28.8. The highest BCUT2D eigenvalue weighted by atomic mass is 35.5. The average molecular weight is 477 g/mol. The van der Waals surface area contributed by atoms with Crippen molar-refractivity contribution < 1.29 is 0 Å². The third-order valence-electron chi connectivity index (χ3n) is 5.97. The number of hydrogen-bond acceptors (Lipinski definition) is 3. The minimum atomic E-state index is 0. The van der Waals surface area contributed by atoms with Gasteiger partial charge in [0.1, 0.15) is 0 Å². The minimum absolute atomic E-state index is 0. The van der Waals surface area contributed by atoms with E-state index in [-0.39, 0.29) is 37.2 Å². The van der Waals surface area contributed by atoms with Crippen molar-refractivity contribution in [3.8, 4) is 0 Å². The van der Waals surface area contributed by atoms with E-state index in [1.807, 2.05) is 0 Å². The van der Waals surface area contributed by atoms with Crippen LogP contribution in [0.5, 0.6) is 0 Å². The summed E-state index contributed by atoms with van der Waals surface area (Å²) in [6, 6.07) is 0. The largest absolute Gasteiger partial charge is 0.330 e. The third-order valence-corrected chi connectivity index (χ3v) is 5.97. The smallest absolute Gasteiger partial charge is 0.00368 e. The molecule has 0 unspecified atom stereocenters. The van der Waals surface area contributed by atoms with E-state index in [1.54, 1.807) is 0 Å². The van der Waals surface area contributed by atoms with Crippen LogP contribution in [0.1, 0.15) is 109 Å². The Hall–Kier alpha value is 0.750. The van der Waals surface area contributed by atoms with E-state index >= 15 is 0 Å². The van der Waals surface area contributed by atoms with E-state index in [1.165, 1.54) is 109 Å². The summed E-state index contributed by atoms with van der Waals surface area (Å²) in [5, 5.41) is 7.13. The summed E-state index contributed by atoms with van der Waals surface area (Å²) in [7, 11) is 0. The van der Waals surface area contributed by atoms with Crippen molar-refractivity contribution in [1.29, 1.82) is 0 Å². The molecule has 0 saturated heterocycles. The fourth-order valence-electron chi connectivity index (χ4n) is 4.19. The van der Waals surface area contributed by atoms with Crippen molar-refractivity contribution >= 4 is 37.2 Å². The summed E-state index contributed by atoms with van der Waals surface area (Å²) >= 11 is 0. The molecule has 0 amide bonds. The van der Waals surface area contributed by atoms with E-state index in [0.717, 1.165) is 38.5 Å². The minimum Gasteiger partial charge on any atom is -0.330 e. The maximum absolute atomic E-state index is 5.50. The molecule has 0 aromatic rings. The molecular weight excluding hydrogens is 425 g/mol. The molecule has 0 aromatic heterocycles. The summed E-state index contributed by atoms with van der Waals surface area (Å²) < 4.78 is 0. The second-order valence-corrected chi connectivity index (χ2v) is 8.47. The Bertz CT molecular complexity index is 268. The Kier molecular flexibility index (Phi) is 34.1. The number of nitrogens with one attached hydrogen (secondary N) is 2. The molecule has 180 valence electrons. The predicted molar refractivity (Wildman–Crippen MR) is 139 cm³/mol. The summed E-state index contributed by atoms with van der Waals surface area (Å²) in [6.45, 7) is 5.36. The van der Waals surface area contributed by atoms with Crippen molar-refractivity contribution in [2.45, 2.75) is 109 Å². The molecule has 1 saturated carbocycles. The first-order valence-electron chi connectivity index (χ1n) is 12.0. The van der Waals surface area contributed by atoms with Gasteiger partial charge >= 0.3 is 0 Å². The first-order chi connectivity index (χ1) is 12.9. The first kappa shape index (κ1) is 34.4. The molecule has 0 atom stereocenters. The fraction of sp³-hybridized carbons (Fsp3) is 1.00. The van der Waals surface area contributed by atoms with Gasteiger partial charge in [0.25, 0.3) is 0 Å². The quantitative estimate of drug-likeness (QED) is 0.309. The zero-order valence-electron chi connectivity index (χ0n) is 18.9. The van der Waals surface area contributed by atoms with Crippen LogP contribution < -0.4 is 16.4 Å². The lowest BCUT2D eigenvalue weighted by Gasteiger charge is -2.17. The van der Waals surface area contributed by atoms with Crippen molar-refractivity contribution in [2.24, 2.45) is 11.7 Å². The summed E-state index contributed by atoms with van der Waals surface area (Å²) in [5.41, 5.74) is 5.50. The maximum Gasteiger partial charge on any atom is -0.00368 e. The van der Waals surface area contributed by atoms with Gasteiger partial charge in [0, 0.05) is 0 Å². The molecule has 1 rings (SSSR count). The lowest BCUT2D eigenvalue weighted by atomic mass is 9.91. The molecular formula is C23H52Cl3N3. The molecule has 4 N–H and O–H groups in total. The molecule has 0 radical (unpaired) electrons. The Morgan fingerprint density at radius 3 is 1.34 bits per heavy atom. The third kappa shape index (κ3) is 24.9. The van der Waals surface area contributed by atoms with Crippen molar-refractivity contribution in [3.63, 3.8) is 0 Å². The van der Waals surface area contributed by atoms with Gasteiger partial charge in [0.05, 0.1) is 0 Å². The van der Waals surface area contributed by atoms with Gasteiger partial charge in [-0.15, -0.1) is 37.2 Å². The molecule has 29 heavy (non-hydrogen) atoms. The zero-order valence-corrected chi connectivity index (χ0v) is 21.4. The number of halogens is 3. The lowest BCUT2D eigenvalue weighted by molar-refractivity contribution is 0.373. The summed E-state index contributed by atoms with van der Waals surface area (Å²) in [4.78, 5) is 0. The van der Waals surface area contributed by atoms with Crippen LogP contribution in [-0.2, 0) is 0 Å². The van der Waals surface area contributed by atoms with Gasteiger partial charge in [0.15, 0.2) is 0 Å². The normalized spacial score (nSPS) is 17.7. The highest BCUT2D eigenvalue weighted by Crippen LogP contribution is 2.22. The van der Waals surface area contributed by atoms with E-state index < -0.39 is 0 Å². The summed E-state index contributed by atoms with van der Waals surface area (Å²) in [5.74, 6) is 0.968. The number of nitrogens with two attached hydrogens (primary N) is 1. The molecule has 1 aliphatic rings. The predicted octanol–water partition coefficient (Wildman–Crippen LogP) is 6.65. The number of rotatable bonds is 10. The second-order valence-electron chi connectivity index (χ2n) is 8.47. The Morgan fingerprint density at radius 1 is 0.517 bits per heavy atom. The summed E-state index contributed by atoms with van der Waals surface area (Å²) in [6.07, 6.45) is 24.4. The molecule has 1 aliphatic carbocycles. The molecule has 0 spiro atoms. The lowest BCUT2D eigenvalue weighted by Crippen LogP contribution is -2.25. The molecule has 3 nitrogen and oxygen atoms in total. The van der Waals surface area contributed by atoms with Crippen LogP contribution in [0.2, 0.25) is 0 Å². The van der Waals surface area contributed by atoms with Crippen LogP contribution >= 0.6 is 37.2 Å². The van der Waals surface area contributed by atoms with Crippen LogP contribution in [-0.4, -0.2) is 32.7 Å². The van der Waals surface area contributed by atoms with E-state index in [0.29, 0.717) is 0 Å². The molecule has 0 bridgehead atoms. The zero-order chi connectivity index (χ0) is 18.5. The van der Waals surface area contributed by atoms with Gasteiger partial charge in [0.2, 0.25) is 0 Å². The van der Waals surface area contributed by atoms with Crippen molar-refractivity contribution in [1.82, 2.24) is 10.6 Å². The monoisotopic (exact) mass is 475 g/mol. The first-order valence-corrected chi connectivity index (χ1v) is 12.0. The fourth-order valence-corrected chi connectivity index (χ4v) is 4.19. The van der Waals surface area contributed by atoms with Gasteiger partial charge in [-0.05, 0) is 57.9 Å². The Labute approximate surface area is 201 Å². The molecule has 0 aliphatic heterocycles. The standard InChI is InChI=1S/C23H49N3.3ClH/c24-18-13-19-25-20-14-21-26-22-17-23-15-11-9-7-5-3-1-2-4-6-8-10-12-16-23;;;/h23,25-26H,1-22,24H2;3*1H. The van der Waals surface area contributed by atoms with E-state index in [4.69, 9.17) is 5.73 Å². The van der Waals surface area contributed by atoms with E-state index in [9.17, 15) is 0 Å². The molecule has 0 heterocycles. The molecule has 6 heteroatoms. The van der Waals surface area contributed by atoms with Gasteiger partial charge < -0.3 is 16.4 Å². The van der Waals surface area contributed by atoms with Gasteiger partial charge in [-0.3, -0.25) is 0 Å². The maximum atomic E-state index is 5.50.